The molecular formula is C30H18O2. The molecular weight excluding hydrogens is 392 g/mol. The second-order valence-electron chi connectivity index (χ2n) is 8.26. The zero-order valence-electron chi connectivity index (χ0n) is 17.2. The predicted molar refractivity (Wildman–Crippen MR) is 130 cm³/mol. The standard InChI is InChI=1S/C30H18O2/c1-2-6-28-20-13-19(27(28)5-1)15-23-9-10-25(31-23)17-21-14-22(30-8-4-3-7-29(21)30)18-26-12-11-24(16-20)32-26/h1-18H. The molecule has 2 heteroatoms. The molecule has 2 nitrogen and oxygen atoms in total. The Kier molecular flexibility index (Phi) is 3.58. The van der Waals surface area contributed by atoms with Crippen molar-refractivity contribution in [3.8, 4) is 44.5 Å². The van der Waals surface area contributed by atoms with E-state index in [2.05, 4.69) is 84.9 Å². The molecule has 0 radical (unpaired) electrons. The van der Waals surface area contributed by atoms with Crippen molar-refractivity contribution in [2.45, 2.75) is 0 Å². The average Bonchev–Trinajstić information content (AvgIpc) is 3.58. The first kappa shape index (κ1) is 17.4. The topological polar surface area (TPSA) is 26.3 Å². The summed E-state index contributed by atoms with van der Waals surface area (Å²) in [5.74, 6) is 0. The lowest BCUT2D eigenvalue weighted by atomic mass is 10.1. The van der Waals surface area contributed by atoms with E-state index in [9.17, 15) is 0 Å². The number of furan rings is 2. The molecule has 32 heavy (non-hydrogen) atoms. The Morgan fingerprint density at radius 2 is 0.594 bits per heavy atom. The lowest BCUT2D eigenvalue weighted by molar-refractivity contribution is 0.666. The third-order valence-corrected chi connectivity index (χ3v) is 6.21. The van der Waals surface area contributed by atoms with E-state index in [0.29, 0.717) is 0 Å². The first-order valence-electron chi connectivity index (χ1n) is 10.8. The van der Waals surface area contributed by atoms with Crippen LogP contribution < -0.4 is 0 Å². The van der Waals surface area contributed by atoms with Gasteiger partial charge in [-0.3, -0.25) is 0 Å². The fourth-order valence-electron chi connectivity index (χ4n) is 4.76. The maximum Gasteiger partial charge on any atom is 0.128 e. The monoisotopic (exact) mass is 410 g/mol. The van der Waals surface area contributed by atoms with Gasteiger partial charge in [-0.05, 0) is 105 Å². The molecule has 8 bridgehead atoms. The lowest BCUT2D eigenvalue weighted by Crippen LogP contribution is -1.74. The van der Waals surface area contributed by atoms with E-state index < -0.39 is 0 Å². The van der Waals surface area contributed by atoms with Crippen LogP contribution in [0.2, 0.25) is 0 Å². The SMILES string of the molecule is c1ccc2c(c1)-c1cc-2cc2ccc(cc3cc(cc4ccc(c1)o4)-c1ccccc1-3)o2. The summed E-state index contributed by atoms with van der Waals surface area (Å²) in [6.07, 6.45) is 0. The maximum atomic E-state index is 6.19. The van der Waals surface area contributed by atoms with Gasteiger partial charge in [-0.25, -0.2) is 0 Å². The summed E-state index contributed by atoms with van der Waals surface area (Å²) < 4.78 is 12.4. The Labute approximate surface area is 185 Å². The quantitative estimate of drug-likeness (QED) is 0.250. The van der Waals surface area contributed by atoms with E-state index in [1.165, 1.54) is 22.3 Å². The van der Waals surface area contributed by atoms with Crippen molar-refractivity contribution in [3.05, 3.63) is 109 Å². The van der Waals surface area contributed by atoms with Crippen molar-refractivity contribution in [1.29, 1.82) is 0 Å². The largest absolute Gasteiger partial charge is 0.457 e. The van der Waals surface area contributed by atoms with E-state index in [1.54, 1.807) is 0 Å². The Bertz CT molecular complexity index is 1440. The van der Waals surface area contributed by atoms with Crippen LogP contribution in [0.25, 0.3) is 66.8 Å². The fourth-order valence-corrected chi connectivity index (χ4v) is 4.76. The summed E-state index contributed by atoms with van der Waals surface area (Å²) in [5, 5.41) is 0. The van der Waals surface area contributed by atoms with Crippen LogP contribution in [0.1, 0.15) is 0 Å². The molecule has 0 fully saturated rings. The molecule has 3 heterocycles. The smallest absolute Gasteiger partial charge is 0.128 e. The van der Waals surface area contributed by atoms with E-state index in [-0.39, 0.29) is 0 Å². The molecule has 7 rings (SSSR count). The summed E-state index contributed by atoms with van der Waals surface area (Å²) in [7, 11) is 0. The highest BCUT2D eigenvalue weighted by Crippen LogP contribution is 2.41. The van der Waals surface area contributed by atoms with E-state index in [0.717, 1.165) is 44.6 Å². The molecule has 5 aromatic rings. The van der Waals surface area contributed by atoms with Gasteiger partial charge in [-0.2, -0.15) is 0 Å². The minimum atomic E-state index is 0.841. The van der Waals surface area contributed by atoms with Crippen LogP contribution in [-0.2, 0) is 0 Å². The van der Waals surface area contributed by atoms with Gasteiger partial charge in [0.05, 0.1) is 0 Å². The molecule has 2 aromatic carbocycles. The van der Waals surface area contributed by atoms with Gasteiger partial charge < -0.3 is 8.83 Å². The molecule has 2 aliphatic carbocycles. The molecule has 2 aliphatic rings. The zero-order chi connectivity index (χ0) is 21.1. The van der Waals surface area contributed by atoms with Crippen LogP contribution in [-0.4, -0.2) is 0 Å². The van der Waals surface area contributed by atoms with Crippen LogP contribution in [0, 0.1) is 0 Å². The van der Waals surface area contributed by atoms with Crippen molar-refractivity contribution in [3.63, 3.8) is 0 Å². The summed E-state index contributed by atoms with van der Waals surface area (Å²) >= 11 is 0. The summed E-state index contributed by atoms with van der Waals surface area (Å²) in [6, 6.07) is 37.9. The van der Waals surface area contributed by atoms with Crippen LogP contribution in [0.4, 0.5) is 0 Å². The number of benzene rings is 2. The molecule has 0 N–H and O–H groups in total. The maximum absolute atomic E-state index is 6.19. The van der Waals surface area contributed by atoms with E-state index in [4.69, 9.17) is 8.83 Å². The summed E-state index contributed by atoms with van der Waals surface area (Å²) in [6.45, 7) is 0. The first-order chi connectivity index (χ1) is 15.8. The highest BCUT2D eigenvalue weighted by Gasteiger charge is 2.15. The predicted octanol–water partition coefficient (Wildman–Crippen LogP) is 8.72. The molecule has 0 amide bonds. The first-order valence-corrected chi connectivity index (χ1v) is 10.8. The number of rotatable bonds is 0. The Balaban J connectivity index is 1.60. The lowest BCUT2D eigenvalue weighted by Gasteiger charge is -2.00. The van der Waals surface area contributed by atoms with Crippen molar-refractivity contribution in [2.24, 2.45) is 0 Å². The third-order valence-electron chi connectivity index (χ3n) is 6.21. The number of hydrogen-bond acceptors (Lipinski definition) is 2. The van der Waals surface area contributed by atoms with Crippen molar-refractivity contribution in [1.82, 2.24) is 0 Å². The zero-order valence-corrected chi connectivity index (χ0v) is 17.2. The van der Waals surface area contributed by atoms with Gasteiger partial charge in [0.15, 0.2) is 0 Å². The van der Waals surface area contributed by atoms with Crippen LogP contribution >= 0.6 is 0 Å². The molecule has 0 aliphatic heterocycles. The van der Waals surface area contributed by atoms with Gasteiger partial charge in [0.2, 0.25) is 0 Å². The van der Waals surface area contributed by atoms with Crippen molar-refractivity contribution < 1.29 is 8.83 Å². The second kappa shape index (κ2) is 6.60. The Morgan fingerprint density at radius 3 is 0.875 bits per heavy atom. The molecule has 0 saturated heterocycles. The summed E-state index contributed by atoms with van der Waals surface area (Å²) in [4.78, 5) is 0. The second-order valence-corrected chi connectivity index (χ2v) is 8.26. The number of fused-ring (bicyclic) bond motifs is 14. The minimum Gasteiger partial charge on any atom is -0.457 e. The van der Waals surface area contributed by atoms with Gasteiger partial charge >= 0.3 is 0 Å². The molecule has 0 saturated carbocycles. The average molecular weight is 410 g/mol. The Morgan fingerprint density at radius 1 is 0.312 bits per heavy atom. The normalized spacial score (nSPS) is 11.8. The summed E-state index contributed by atoms with van der Waals surface area (Å²) in [5.41, 5.74) is 12.7. The van der Waals surface area contributed by atoms with Gasteiger partial charge in [0.1, 0.15) is 22.3 Å². The van der Waals surface area contributed by atoms with E-state index in [1.807, 2.05) is 24.3 Å². The number of hydrogen-bond donors (Lipinski definition) is 0. The fraction of sp³-hybridized carbons (Fsp3) is 0. The van der Waals surface area contributed by atoms with Crippen LogP contribution in [0.15, 0.2) is 118 Å². The highest BCUT2D eigenvalue weighted by atomic mass is 16.3. The van der Waals surface area contributed by atoms with Crippen molar-refractivity contribution in [2.75, 3.05) is 0 Å². The molecule has 0 unspecified atom stereocenters. The molecule has 0 spiro atoms. The van der Waals surface area contributed by atoms with E-state index >= 15 is 0 Å². The minimum absolute atomic E-state index is 0.841. The molecule has 150 valence electrons. The van der Waals surface area contributed by atoms with Crippen LogP contribution in [0.5, 0.6) is 0 Å². The Hall–Kier alpha value is -4.30. The van der Waals surface area contributed by atoms with Crippen molar-refractivity contribution >= 4 is 22.3 Å². The van der Waals surface area contributed by atoms with Gasteiger partial charge in [-0.15, -0.1) is 0 Å². The van der Waals surface area contributed by atoms with Gasteiger partial charge in [0.25, 0.3) is 0 Å². The van der Waals surface area contributed by atoms with Crippen LogP contribution in [0.3, 0.4) is 0 Å². The van der Waals surface area contributed by atoms with Gasteiger partial charge in [-0.1, -0.05) is 48.5 Å². The third kappa shape index (κ3) is 2.74. The van der Waals surface area contributed by atoms with Gasteiger partial charge in [0, 0.05) is 0 Å². The molecule has 3 aromatic heterocycles. The molecule has 0 atom stereocenters. The highest BCUT2D eigenvalue weighted by molar-refractivity contribution is 5.93.